The Kier molecular flexibility index (Phi) is 6.81. The molecule has 1 fully saturated rings. The van der Waals surface area contributed by atoms with Gasteiger partial charge in [0.1, 0.15) is 5.82 Å². The number of hydrogen-bond donors (Lipinski definition) is 2. The molecule has 0 unspecified atom stereocenters. The normalized spacial score (nSPS) is 21.4. The average Bonchev–Trinajstić information content (AvgIpc) is 2.47. The first-order valence-electron chi connectivity index (χ1n) is 8.05. The van der Waals surface area contributed by atoms with Crippen molar-refractivity contribution in [3.05, 3.63) is 34.6 Å². The third kappa shape index (κ3) is 5.16. The van der Waals surface area contributed by atoms with Gasteiger partial charge in [0.2, 0.25) is 0 Å². The van der Waals surface area contributed by atoms with E-state index in [0.717, 1.165) is 32.2 Å². The van der Waals surface area contributed by atoms with E-state index < -0.39 is 11.7 Å². The van der Waals surface area contributed by atoms with Crippen molar-refractivity contribution >= 4 is 17.5 Å². The number of carbonyl (C=O) groups excluding carboxylic acids is 1. The van der Waals surface area contributed by atoms with Gasteiger partial charge in [-0.1, -0.05) is 24.1 Å². The summed E-state index contributed by atoms with van der Waals surface area (Å²) in [4.78, 5) is 14.4. The topological polar surface area (TPSA) is 52.6 Å². The molecule has 0 aromatic heterocycles. The Labute approximate surface area is 141 Å². The van der Waals surface area contributed by atoms with Crippen LogP contribution in [0.4, 0.5) is 4.39 Å². The first kappa shape index (κ1) is 18.2. The molecular weight excluding hydrogens is 319 g/mol. The van der Waals surface area contributed by atoms with Crippen molar-refractivity contribution in [2.75, 3.05) is 26.7 Å². The lowest BCUT2D eigenvalue weighted by atomic mass is 9.85. The fourth-order valence-corrected chi connectivity index (χ4v) is 3.51. The Hall–Kier alpha value is -1.17. The highest BCUT2D eigenvalue weighted by molar-refractivity contribution is 6.33. The summed E-state index contributed by atoms with van der Waals surface area (Å²) in [7, 11) is 1.98. The lowest BCUT2D eigenvalue weighted by Gasteiger charge is -2.32. The van der Waals surface area contributed by atoms with Crippen LogP contribution in [-0.4, -0.2) is 48.7 Å². The van der Waals surface area contributed by atoms with Crippen LogP contribution in [-0.2, 0) is 0 Å². The van der Waals surface area contributed by atoms with Crippen molar-refractivity contribution in [2.45, 2.75) is 31.7 Å². The Morgan fingerprint density at radius 2 is 2.26 bits per heavy atom. The highest BCUT2D eigenvalue weighted by Gasteiger charge is 2.26. The van der Waals surface area contributed by atoms with Crippen molar-refractivity contribution in [1.82, 2.24) is 10.2 Å². The van der Waals surface area contributed by atoms with E-state index in [4.69, 9.17) is 16.7 Å². The highest BCUT2D eigenvalue weighted by atomic mass is 35.5. The first-order chi connectivity index (χ1) is 11.0. The van der Waals surface area contributed by atoms with E-state index in [1.165, 1.54) is 18.2 Å². The van der Waals surface area contributed by atoms with Crippen molar-refractivity contribution < 1.29 is 14.3 Å². The molecule has 2 N–H and O–H groups in total. The van der Waals surface area contributed by atoms with E-state index in [0.29, 0.717) is 12.5 Å². The maximum absolute atomic E-state index is 13.8. The van der Waals surface area contributed by atoms with E-state index in [1.54, 1.807) is 0 Å². The fraction of sp³-hybridized carbons (Fsp3) is 0.588. The second kappa shape index (κ2) is 8.62. The number of likely N-dealkylation sites (N-methyl/N-ethyl adjacent to an activating group) is 1. The summed E-state index contributed by atoms with van der Waals surface area (Å²) in [5, 5.41) is 12.0. The summed E-state index contributed by atoms with van der Waals surface area (Å²) in [6.45, 7) is 1.70. The molecule has 1 aliphatic carbocycles. The van der Waals surface area contributed by atoms with Gasteiger partial charge in [0.25, 0.3) is 5.91 Å². The molecule has 23 heavy (non-hydrogen) atoms. The quantitative estimate of drug-likeness (QED) is 0.835. The molecule has 1 saturated carbocycles. The fourth-order valence-electron chi connectivity index (χ4n) is 3.26. The zero-order valence-electron chi connectivity index (χ0n) is 13.4. The lowest BCUT2D eigenvalue weighted by Crippen LogP contribution is -2.41. The van der Waals surface area contributed by atoms with Gasteiger partial charge in [-0.3, -0.25) is 4.79 Å². The molecular formula is C17H24ClFN2O2. The van der Waals surface area contributed by atoms with E-state index in [9.17, 15) is 9.18 Å². The average molecular weight is 343 g/mol. The molecule has 1 aromatic carbocycles. The molecule has 0 aliphatic heterocycles. The molecule has 4 nitrogen and oxygen atoms in total. The summed E-state index contributed by atoms with van der Waals surface area (Å²) in [6, 6.07) is 4.29. The summed E-state index contributed by atoms with van der Waals surface area (Å²) in [5.41, 5.74) is -0.0753. The van der Waals surface area contributed by atoms with E-state index in [1.807, 2.05) is 7.05 Å². The maximum atomic E-state index is 13.8. The van der Waals surface area contributed by atoms with Crippen molar-refractivity contribution in [2.24, 2.45) is 5.92 Å². The molecule has 1 aliphatic rings. The summed E-state index contributed by atoms with van der Waals surface area (Å²) in [5.74, 6) is -0.561. The smallest absolute Gasteiger partial charge is 0.255 e. The van der Waals surface area contributed by atoms with Crippen LogP contribution >= 0.6 is 11.6 Å². The van der Waals surface area contributed by atoms with Crippen LogP contribution in [0.2, 0.25) is 5.02 Å². The summed E-state index contributed by atoms with van der Waals surface area (Å²) >= 11 is 5.94. The summed E-state index contributed by atoms with van der Waals surface area (Å²) in [6.07, 6.45) is 3.92. The van der Waals surface area contributed by atoms with Crippen LogP contribution in [0.3, 0.4) is 0 Å². The number of benzene rings is 1. The minimum atomic E-state index is -0.593. The van der Waals surface area contributed by atoms with Crippen LogP contribution < -0.4 is 5.32 Å². The van der Waals surface area contributed by atoms with Crippen LogP contribution in [0, 0.1) is 11.7 Å². The number of amides is 1. The minimum Gasteiger partial charge on any atom is -0.395 e. The first-order valence-corrected chi connectivity index (χ1v) is 8.43. The molecule has 2 rings (SSSR count). The number of halogens is 2. The number of rotatable bonds is 6. The van der Waals surface area contributed by atoms with Crippen LogP contribution in [0.5, 0.6) is 0 Å². The molecule has 2 atom stereocenters. The molecule has 1 aromatic rings. The van der Waals surface area contributed by atoms with Gasteiger partial charge in [-0.25, -0.2) is 4.39 Å². The predicted molar refractivity (Wildman–Crippen MR) is 89.2 cm³/mol. The van der Waals surface area contributed by atoms with Gasteiger partial charge in [0, 0.05) is 19.1 Å². The zero-order valence-corrected chi connectivity index (χ0v) is 14.2. The number of nitrogens with zero attached hydrogens (tertiary/aromatic N) is 1. The van der Waals surface area contributed by atoms with Gasteiger partial charge in [0.05, 0.1) is 17.2 Å². The van der Waals surface area contributed by atoms with Crippen molar-refractivity contribution in [3.8, 4) is 0 Å². The highest BCUT2D eigenvalue weighted by Crippen LogP contribution is 2.26. The molecule has 0 bridgehead atoms. The molecule has 0 saturated heterocycles. The number of hydrogen-bond acceptors (Lipinski definition) is 3. The van der Waals surface area contributed by atoms with E-state index in [2.05, 4.69) is 10.2 Å². The third-order valence-electron chi connectivity index (χ3n) is 4.36. The Morgan fingerprint density at radius 1 is 1.48 bits per heavy atom. The standard InChI is InChI=1S/C17H24ClFN2O2/c1-21(8-9-22)11-12-4-2-5-13(10-12)20-17(23)16-14(18)6-3-7-15(16)19/h3,6-7,12-13,22H,2,4-5,8-11H2,1H3,(H,20,23)/t12-,13-/m1/s1. The van der Waals surface area contributed by atoms with Gasteiger partial charge in [-0.05, 0) is 44.4 Å². The number of aliphatic hydroxyl groups is 1. The largest absolute Gasteiger partial charge is 0.395 e. The van der Waals surface area contributed by atoms with Crippen LogP contribution in [0.25, 0.3) is 0 Å². The van der Waals surface area contributed by atoms with Gasteiger partial charge >= 0.3 is 0 Å². The SMILES string of the molecule is CN(CCO)C[C@@H]1CCC[C@@H](NC(=O)c2c(F)cccc2Cl)C1. The molecule has 0 heterocycles. The number of aliphatic hydroxyl groups excluding tert-OH is 1. The second-order valence-electron chi connectivity index (χ2n) is 6.29. The predicted octanol–water partition coefficient (Wildman–Crippen LogP) is 2.69. The van der Waals surface area contributed by atoms with Gasteiger partial charge in [-0.15, -0.1) is 0 Å². The van der Waals surface area contributed by atoms with Crippen molar-refractivity contribution in [1.29, 1.82) is 0 Å². The van der Waals surface area contributed by atoms with E-state index >= 15 is 0 Å². The van der Waals surface area contributed by atoms with Gasteiger partial charge in [0.15, 0.2) is 0 Å². The summed E-state index contributed by atoms with van der Waals surface area (Å²) < 4.78 is 13.8. The third-order valence-corrected chi connectivity index (χ3v) is 4.67. The zero-order chi connectivity index (χ0) is 16.8. The maximum Gasteiger partial charge on any atom is 0.255 e. The minimum absolute atomic E-state index is 0.0412. The monoisotopic (exact) mass is 342 g/mol. The second-order valence-corrected chi connectivity index (χ2v) is 6.69. The molecule has 0 spiro atoms. The molecule has 1 amide bonds. The van der Waals surface area contributed by atoms with Gasteiger partial charge in [-0.2, -0.15) is 0 Å². The Morgan fingerprint density at radius 3 is 2.96 bits per heavy atom. The van der Waals surface area contributed by atoms with Gasteiger partial charge < -0.3 is 15.3 Å². The Bertz CT molecular complexity index is 521. The number of carbonyl (C=O) groups is 1. The molecule has 6 heteroatoms. The van der Waals surface area contributed by atoms with Crippen LogP contribution in [0.1, 0.15) is 36.0 Å². The van der Waals surface area contributed by atoms with Crippen LogP contribution in [0.15, 0.2) is 18.2 Å². The number of nitrogens with one attached hydrogen (secondary N) is 1. The lowest BCUT2D eigenvalue weighted by molar-refractivity contribution is 0.0909. The molecule has 128 valence electrons. The van der Waals surface area contributed by atoms with E-state index in [-0.39, 0.29) is 23.2 Å². The Balaban J connectivity index is 1.93. The van der Waals surface area contributed by atoms with Crippen molar-refractivity contribution in [3.63, 3.8) is 0 Å². The molecule has 0 radical (unpaired) electrons.